The summed E-state index contributed by atoms with van der Waals surface area (Å²) in [4.78, 5) is 16.5. The first-order valence-corrected chi connectivity index (χ1v) is 13.4. The van der Waals surface area contributed by atoms with Crippen molar-refractivity contribution < 1.29 is 23.4 Å². The number of rotatable bonds is 12. The van der Waals surface area contributed by atoms with Gasteiger partial charge in [0.25, 0.3) is 0 Å². The van der Waals surface area contributed by atoms with Crippen molar-refractivity contribution in [1.29, 1.82) is 0 Å². The summed E-state index contributed by atoms with van der Waals surface area (Å²) in [6.07, 6.45) is 2.74. The molecule has 192 valence electrons. The molecule has 0 aliphatic heterocycles. The van der Waals surface area contributed by atoms with Crippen LogP contribution >= 0.6 is 0 Å². The first kappa shape index (κ1) is 27.1. The lowest BCUT2D eigenvalue weighted by molar-refractivity contribution is -0.120. The molecule has 1 heterocycles. The third kappa shape index (κ3) is 8.95. The van der Waals surface area contributed by atoms with Gasteiger partial charge in [-0.2, -0.15) is 0 Å². The number of aromatic nitrogens is 1. The highest BCUT2D eigenvalue weighted by Gasteiger charge is 2.14. The smallest absolute Gasteiger partial charge is 0.229 e. The maximum absolute atomic E-state index is 12.3. The molecule has 0 aliphatic carbocycles. The quantitative estimate of drug-likeness (QED) is 0.235. The molecule has 10 heteroatoms. The van der Waals surface area contributed by atoms with Gasteiger partial charge in [-0.3, -0.25) is 14.5 Å². The van der Waals surface area contributed by atoms with Crippen molar-refractivity contribution >= 4 is 21.6 Å². The number of sulfonamides is 1. The number of benzene rings is 2. The second-order valence-corrected chi connectivity index (χ2v) is 10.5. The van der Waals surface area contributed by atoms with Gasteiger partial charge < -0.3 is 20.8 Å². The first-order chi connectivity index (χ1) is 17.1. The summed E-state index contributed by atoms with van der Waals surface area (Å²) in [5, 5.41) is 26.6. The molecule has 3 rings (SSSR count). The number of carbonyl (C=O) groups is 1. The Morgan fingerprint density at radius 3 is 2.56 bits per heavy atom. The van der Waals surface area contributed by atoms with Gasteiger partial charge in [0, 0.05) is 18.8 Å². The Hall–Kier alpha value is -3.47. The van der Waals surface area contributed by atoms with Crippen molar-refractivity contribution in [3.8, 4) is 5.75 Å². The SMILES string of the molecule is C[C@H](Cc1cccc(CC(=O)NCc2ccccn2)c1)NC[C@H](O)c1ccc(O)c(NS(C)(=O)=O)c1. The predicted molar refractivity (Wildman–Crippen MR) is 139 cm³/mol. The predicted octanol–water partition coefficient (Wildman–Crippen LogP) is 2.27. The van der Waals surface area contributed by atoms with Gasteiger partial charge in [-0.15, -0.1) is 0 Å². The average Bonchev–Trinajstić information content (AvgIpc) is 2.82. The fraction of sp³-hybridized carbons (Fsp3) is 0.308. The van der Waals surface area contributed by atoms with Crippen molar-refractivity contribution in [3.05, 3.63) is 89.2 Å². The topological polar surface area (TPSA) is 141 Å². The van der Waals surface area contributed by atoms with E-state index in [0.29, 0.717) is 18.5 Å². The molecule has 0 bridgehead atoms. The minimum absolute atomic E-state index is 0.0166. The molecular weight excluding hydrogens is 480 g/mol. The Kier molecular flexibility index (Phi) is 9.40. The molecule has 0 radical (unpaired) electrons. The van der Waals surface area contributed by atoms with Gasteiger partial charge in [-0.25, -0.2) is 8.42 Å². The second-order valence-electron chi connectivity index (χ2n) is 8.77. The molecule has 2 atom stereocenters. The molecule has 36 heavy (non-hydrogen) atoms. The molecule has 0 unspecified atom stereocenters. The maximum atomic E-state index is 12.3. The minimum atomic E-state index is -3.56. The van der Waals surface area contributed by atoms with Gasteiger partial charge in [0.1, 0.15) is 5.75 Å². The molecule has 0 saturated carbocycles. The summed E-state index contributed by atoms with van der Waals surface area (Å²) < 4.78 is 25.2. The van der Waals surface area contributed by atoms with E-state index in [-0.39, 0.29) is 36.4 Å². The normalized spacial score (nSPS) is 13.1. The minimum Gasteiger partial charge on any atom is -0.506 e. The zero-order valence-corrected chi connectivity index (χ0v) is 21.1. The summed E-state index contributed by atoms with van der Waals surface area (Å²) >= 11 is 0. The summed E-state index contributed by atoms with van der Waals surface area (Å²) in [6.45, 7) is 2.61. The second kappa shape index (κ2) is 12.5. The Bertz CT molecular complexity index is 1270. The van der Waals surface area contributed by atoms with Crippen LogP contribution in [0.25, 0.3) is 0 Å². The number of phenolic OH excluding ortho intramolecular Hbond substituents is 1. The van der Waals surface area contributed by atoms with Crippen LogP contribution in [-0.2, 0) is 34.2 Å². The van der Waals surface area contributed by atoms with Crippen LogP contribution in [0, 0.1) is 0 Å². The summed E-state index contributed by atoms with van der Waals surface area (Å²) in [6, 6.07) is 17.7. The van der Waals surface area contributed by atoms with E-state index in [0.717, 1.165) is 23.1 Å². The van der Waals surface area contributed by atoms with Crippen LogP contribution < -0.4 is 15.4 Å². The van der Waals surface area contributed by atoms with Crippen molar-refractivity contribution in [2.24, 2.45) is 0 Å². The van der Waals surface area contributed by atoms with Crippen LogP contribution in [0.2, 0.25) is 0 Å². The van der Waals surface area contributed by atoms with E-state index in [1.54, 1.807) is 12.3 Å². The number of nitrogens with zero attached hydrogens (tertiary/aromatic N) is 1. The molecule has 3 aromatic rings. The van der Waals surface area contributed by atoms with Gasteiger partial charge in [0.2, 0.25) is 15.9 Å². The molecule has 9 nitrogen and oxygen atoms in total. The van der Waals surface area contributed by atoms with E-state index in [1.807, 2.05) is 49.4 Å². The standard InChI is InChI=1S/C26H32N4O5S/c1-18(28-17-25(32)21-9-10-24(31)23(15-21)30-36(2,34)35)12-19-6-5-7-20(13-19)14-26(33)29-16-22-8-3-4-11-27-22/h3-11,13,15,18,25,28,30-32H,12,14,16-17H2,1-2H3,(H,29,33)/t18-,25+/m1/s1. The van der Waals surface area contributed by atoms with Gasteiger partial charge in [0.15, 0.2) is 0 Å². The third-order valence-electron chi connectivity index (χ3n) is 5.45. The first-order valence-electron chi connectivity index (χ1n) is 11.6. The number of pyridine rings is 1. The van der Waals surface area contributed by atoms with Crippen molar-refractivity contribution in [3.63, 3.8) is 0 Å². The van der Waals surface area contributed by atoms with Gasteiger partial charge in [0.05, 0.1) is 36.7 Å². The van der Waals surface area contributed by atoms with E-state index in [9.17, 15) is 23.4 Å². The number of hydrogen-bond donors (Lipinski definition) is 5. The third-order valence-corrected chi connectivity index (χ3v) is 6.04. The lowest BCUT2D eigenvalue weighted by atomic mass is 10.0. The molecule has 1 amide bonds. The van der Waals surface area contributed by atoms with E-state index in [2.05, 4.69) is 20.3 Å². The maximum Gasteiger partial charge on any atom is 0.229 e. The number of hydrogen-bond acceptors (Lipinski definition) is 7. The highest BCUT2D eigenvalue weighted by molar-refractivity contribution is 7.92. The number of carbonyl (C=O) groups excluding carboxylic acids is 1. The highest BCUT2D eigenvalue weighted by atomic mass is 32.2. The zero-order valence-electron chi connectivity index (χ0n) is 20.3. The lowest BCUT2D eigenvalue weighted by Crippen LogP contribution is -2.32. The molecule has 0 aliphatic rings. The molecule has 0 saturated heterocycles. The number of aromatic hydroxyl groups is 1. The van der Waals surface area contributed by atoms with Gasteiger partial charge in [-0.1, -0.05) is 36.4 Å². The van der Waals surface area contributed by atoms with Crippen LogP contribution in [0.15, 0.2) is 66.9 Å². The zero-order chi connectivity index (χ0) is 26.1. The molecular formula is C26H32N4O5S. The number of amides is 1. The Morgan fingerprint density at radius 1 is 1.06 bits per heavy atom. The lowest BCUT2D eigenvalue weighted by Gasteiger charge is -2.19. The van der Waals surface area contributed by atoms with E-state index in [1.165, 1.54) is 12.1 Å². The molecule has 2 aromatic carbocycles. The summed E-state index contributed by atoms with van der Waals surface area (Å²) in [5.74, 6) is -0.297. The van der Waals surface area contributed by atoms with Crippen molar-refractivity contribution in [2.45, 2.75) is 38.5 Å². The Balaban J connectivity index is 1.50. The van der Waals surface area contributed by atoms with Crippen LogP contribution in [0.5, 0.6) is 5.75 Å². The van der Waals surface area contributed by atoms with Crippen LogP contribution in [0.3, 0.4) is 0 Å². The molecule has 1 aromatic heterocycles. The summed E-state index contributed by atoms with van der Waals surface area (Å²) in [7, 11) is -3.56. The summed E-state index contributed by atoms with van der Waals surface area (Å²) in [5.41, 5.74) is 3.26. The molecule has 5 N–H and O–H groups in total. The number of anilines is 1. The highest BCUT2D eigenvalue weighted by Crippen LogP contribution is 2.27. The van der Waals surface area contributed by atoms with E-state index >= 15 is 0 Å². The van der Waals surface area contributed by atoms with Crippen LogP contribution in [0.1, 0.15) is 35.4 Å². The monoisotopic (exact) mass is 512 g/mol. The fourth-order valence-corrected chi connectivity index (χ4v) is 4.27. The number of phenols is 1. The molecule has 0 spiro atoms. The Morgan fingerprint density at radius 2 is 1.83 bits per heavy atom. The molecule has 0 fully saturated rings. The van der Waals surface area contributed by atoms with Crippen molar-refractivity contribution in [1.82, 2.24) is 15.6 Å². The number of aliphatic hydroxyl groups is 1. The largest absolute Gasteiger partial charge is 0.506 e. The van der Waals surface area contributed by atoms with Gasteiger partial charge >= 0.3 is 0 Å². The van der Waals surface area contributed by atoms with E-state index in [4.69, 9.17) is 0 Å². The average molecular weight is 513 g/mol. The number of nitrogens with one attached hydrogen (secondary N) is 3. The fourth-order valence-electron chi connectivity index (χ4n) is 3.71. The van der Waals surface area contributed by atoms with Crippen LogP contribution in [-0.4, -0.2) is 48.4 Å². The van der Waals surface area contributed by atoms with E-state index < -0.39 is 16.1 Å². The Labute approximate surface area is 211 Å². The van der Waals surface area contributed by atoms with Crippen molar-refractivity contribution in [2.75, 3.05) is 17.5 Å². The van der Waals surface area contributed by atoms with Crippen LogP contribution in [0.4, 0.5) is 5.69 Å². The van der Waals surface area contributed by atoms with Gasteiger partial charge in [-0.05, 0) is 54.3 Å². The number of aliphatic hydroxyl groups excluding tert-OH is 1.